The zero-order valence-electron chi connectivity index (χ0n) is 8.29. The summed E-state index contributed by atoms with van der Waals surface area (Å²) in [6.07, 6.45) is 0.583. The molecule has 0 aliphatic heterocycles. The standard InChI is InChI=1S/C12H9Cl2FS/c13-10-4-5-16-12(10)11(14)7-8-2-1-3-9(15)6-8/h1-6,11H,7H2. The first-order valence-corrected chi connectivity index (χ1v) is 6.47. The van der Waals surface area contributed by atoms with Crippen LogP contribution < -0.4 is 0 Å². The van der Waals surface area contributed by atoms with Gasteiger partial charge in [0.05, 0.1) is 10.4 Å². The second-order valence-corrected chi connectivity index (χ2v) is 5.32. The van der Waals surface area contributed by atoms with Crippen LogP contribution in [0.25, 0.3) is 0 Å². The van der Waals surface area contributed by atoms with E-state index >= 15 is 0 Å². The Morgan fingerprint density at radius 3 is 2.75 bits per heavy atom. The van der Waals surface area contributed by atoms with Crippen LogP contribution in [0.2, 0.25) is 5.02 Å². The zero-order valence-corrected chi connectivity index (χ0v) is 10.6. The molecule has 0 radical (unpaired) electrons. The van der Waals surface area contributed by atoms with Gasteiger partial charge in [0.25, 0.3) is 0 Å². The summed E-state index contributed by atoms with van der Waals surface area (Å²) >= 11 is 13.8. The van der Waals surface area contributed by atoms with Crippen molar-refractivity contribution in [1.82, 2.24) is 0 Å². The summed E-state index contributed by atoms with van der Waals surface area (Å²) in [6, 6.07) is 8.29. The molecule has 16 heavy (non-hydrogen) atoms. The first-order valence-electron chi connectivity index (χ1n) is 4.78. The highest BCUT2D eigenvalue weighted by Crippen LogP contribution is 2.34. The summed E-state index contributed by atoms with van der Waals surface area (Å²) in [4.78, 5) is 0.938. The van der Waals surface area contributed by atoms with Crippen LogP contribution >= 0.6 is 34.5 Å². The number of hydrogen-bond donors (Lipinski definition) is 0. The van der Waals surface area contributed by atoms with Crippen LogP contribution in [0.3, 0.4) is 0 Å². The van der Waals surface area contributed by atoms with E-state index in [0.717, 1.165) is 10.4 Å². The minimum atomic E-state index is -0.237. The smallest absolute Gasteiger partial charge is 0.123 e. The van der Waals surface area contributed by atoms with E-state index < -0.39 is 0 Å². The van der Waals surface area contributed by atoms with Crippen LogP contribution in [-0.2, 0) is 6.42 Å². The average molecular weight is 275 g/mol. The van der Waals surface area contributed by atoms with Crippen molar-refractivity contribution < 1.29 is 4.39 Å². The molecule has 4 heteroatoms. The van der Waals surface area contributed by atoms with Crippen LogP contribution in [0.15, 0.2) is 35.7 Å². The Hall–Kier alpha value is -0.570. The molecule has 2 rings (SSSR count). The molecule has 0 aliphatic rings. The van der Waals surface area contributed by atoms with Gasteiger partial charge in [0.1, 0.15) is 5.82 Å². The maximum absolute atomic E-state index is 13.0. The molecule has 1 unspecified atom stereocenters. The van der Waals surface area contributed by atoms with Crippen molar-refractivity contribution in [2.75, 3.05) is 0 Å². The molecule has 0 N–H and O–H groups in total. The molecule has 0 saturated carbocycles. The highest BCUT2D eigenvalue weighted by molar-refractivity contribution is 7.11. The Balaban J connectivity index is 2.14. The third kappa shape index (κ3) is 2.76. The van der Waals surface area contributed by atoms with E-state index in [9.17, 15) is 4.39 Å². The molecule has 0 spiro atoms. The molecule has 1 atom stereocenters. The topological polar surface area (TPSA) is 0 Å². The summed E-state index contributed by atoms with van der Waals surface area (Å²) in [5.74, 6) is -0.237. The lowest BCUT2D eigenvalue weighted by molar-refractivity contribution is 0.625. The summed E-state index contributed by atoms with van der Waals surface area (Å²) < 4.78 is 13.0. The Morgan fingerprint density at radius 2 is 2.12 bits per heavy atom. The predicted molar refractivity (Wildman–Crippen MR) is 68.0 cm³/mol. The second-order valence-electron chi connectivity index (χ2n) is 3.43. The summed E-state index contributed by atoms with van der Waals surface area (Å²) in [7, 11) is 0. The summed E-state index contributed by atoms with van der Waals surface area (Å²) in [6.45, 7) is 0. The largest absolute Gasteiger partial charge is 0.207 e. The summed E-state index contributed by atoms with van der Waals surface area (Å²) in [5.41, 5.74) is 0.879. The maximum atomic E-state index is 13.0. The normalized spacial score (nSPS) is 12.7. The van der Waals surface area contributed by atoms with Gasteiger partial charge < -0.3 is 0 Å². The van der Waals surface area contributed by atoms with E-state index in [1.165, 1.54) is 23.5 Å². The molecule has 1 aromatic carbocycles. The van der Waals surface area contributed by atoms with Gasteiger partial charge in [-0.25, -0.2) is 4.39 Å². The molecule has 0 saturated heterocycles. The van der Waals surface area contributed by atoms with Crippen molar-refractivity contribution in [3.63, 3.8) is 0 Å². The van der Waals surface area contributed by atoms with Gasteiger partial charge in [-0.1, -0.05) is 23.7 Å². The quantitative estimate of drug-likeness (QED) is 0.686. The molecule has 1 aromatic heterocycles. The lowest BCUT2D eigenvalue weighted by Crippen LogP contribution is -1.94. The van der Waals surface area contributed by atoms with Crippen LogP contribution in [0, 0.1) is 5.82 Å². The molecule has 0 nitrogen and oxygen atoms in total. The van der Waals surface area contributed by atoms with E-state index in [0.29, 0.717) is 11.4 Å². The van der Waals surface area contributed by atoms with Gasteiger partial charge in [0.2, 0.25) is 0 Å². The van der Waals surface area contributed by atoms with E-state index in [1.807, 2.05) is 17.5 Å². The molecule has 2 aromatic rings. The fourth-order valence-electron chi connectivity index (χ4n) is 1.49. The molecular weight excluding hydrogens is 266 g/mol. The van der Waals surface area contributed by atoms with Gasteiger partial charge in [-0.3, -0.25) is 0 Å². The van der Waals surface area contributed by atoms with E-state index in [2.05, 4.69) is 0 Å². The van der Waals surface area contributed by atoms with E-state index in [1.54, 1.807) is 6.07 Å². The van der Waals surface area contributed by atoms with Crippen molar-refractivity contribution in [3.05, 3.63) is 57.0 Å². The van der Waals surface area contributed by atoms with Crippen molar-refractivity contribution in [2.45, 2.75) is 11.8 Å². The van der Waals surface area contributed by atoms with Gasteiger partial charge in [0.15, 0.2) is 0 Å². The van der Waals surface area contributed by atoms with Gasteiger partial charge in [0, 0.05) is 4.88 Å². The molecule has 84 valence electrons. The van der Waals surface area contributed by atoms with Crippen molar-refractivity contribution >= 4 is 34.5 Å². The molecular formula is C12H9Cl2FS. The van der Waals surface area contributed by atoms with Gasteiger partial charge >= 0.3 is 0 Å². The Bertz CT molecular complexity index is 481. The van der Waals surface area contributed by atoms with Crippen LogP contribution in [0.4, 0.5) is 4.39 Å². The predicted octanol–water partition coefficient (Wildman–Crippen LogP) is 5.06. The van der Waals surface area contributed by atoms with Crippen LogP contribution in [0.5, 0.6) is 0 Å². The SMILES string of the molecule is Fc1cccc(CC(Cl)c2sccc2Cl)c1. The first kappa shape index (κ1) is 11.9. The van der Waals surface area contributed by atoms with Crippen molar-refractivity contribution in [1.29, 1.82) is 0 Å². The van der Waals surface area contributed by atoms with Crippen molar-refractivity contribution in [2.24, 2.45) is 0 Å². The fourth-order valence-corrected chi connectivity index (χ4v) is 3.16. The fraction of sp³-hybridized carbons (Fsp3) is 0.167. The second kappa shape index (κ2) is 5.17. The highest BCUT2D eigenvalue weighted by Gasteiger charge is 2.14. The van der Waals surface area contributed by atoms with E-state index in [4.69, 9.17) is 23.2 Å². The zero-order chi connectivity index (χ0) is 11.5. The molecule has 1 heterocycles. The number of halogens is 3. The van der Waals surface area contributed by atoms with Gasteiger partial charge in [-0.15, -0.1) is 22.9 Å². The minimum absolute atomic E-state index is 0.200. The lowest BCUT2D eigenvalue weighted by atomic mass is 10.1. The number of rotatable bonds is 3. The Morgan fingerprint density at radius 1 is 1.31 bits per heavy atom. The first-order chi connectivity index (χ1) is 7.66. The minimum Gasteiger partial charge on any atom is -0.207 e. The van der Waals surface area contributed by atoms with Crippen LogP contribution in [0.1, 0.15) is 15.8 Å². The highest BCUT2D eigenvalue weighted by atomic mass is 35.5. The van der Waals surface area contributed by atoms with Crippen LogP contribution in [-0.4, -0.2) is 0 Å². The molecule has 0 fully saturated rings. The average Bonchev–Trinajstić information content (AvgIpc) is 2.64. The molecule has 0 bridgehead atoms. The third-order valence-electron chi connectivity index (χ3n) is 2.23. The number of thiophene rings is 1. The Kier molecular flexibility index (Phi) is 3.85. The van der Waals surface area contributed by atoms with E-state index in [-0.39, 0.29) is 11.2 Å². The Labute approximate surface area is 108 Å². The molecule has 0 aliphatic carbocycles. The monoisotopic (exact) mass is 274 g/mol. The molecule has 0 amide bonds. The van der Waals surface area contributed by atoms with Gasteiger partial charge in [-0.05, 0) is 35.6 Å². The van der Waals surface area contributed by atoms with Crippen molar-refractivity contribution in [3.8, 4) is 0 Å². The van der Waals surface area contributed by atoms with Gasteiger partial charge in [-0.2, -0.15) is 0 Å². The third-order valence-corrected chi connectivity index (χ3v) is 4.21. The number of alkyl halides is 1. The number of benzene rings is 1. The maximum Gasteiger partial charge on any atom is 0.123 e. The number of hydrogen-bond acceptors (Lipinski definition) is 1. The lowest BCUT2D eigenvalue weighted by Gasteiger charge is -2.08. The summed E-state index contributed by atoms with van der Waals surface area (Å²) in [5, 5.41) is 2.38.